The minimum atomic E-state index is -4.79. The van der Waals surface area contributed by atoms with Gasteiger partial charge in [-0.3, -0.25) is 0 Å². The van der Waals surface area contributed by atoms with Gasteiger partial charge in [-0.05, 0) is 114 Å². The number of phosphoric ester groups is 1. The molecule has 3 aromatic carbocycles. The second kappa shape index (κ2) is 21.6. The lowest BCUT2D eigenvalue weighted by molar-refractivity contribution is 0.287. The summed E-state index contributed by atoms with van der Waals surface area (Å²) in [5.74, 6) is 4.90. The third-order valence-corrected chi connectivity index (χ3v) is 29.5. The molecule has 0 fully saturated rings. The highest BCUT2D eigenvalue weighted by atomic mass is 31.2. The van der Waals surface area contributed by atoms with Crippen molar-refractivity contribution in [2.45, 2.75) is 218 Å². The summed E-state index contributed by atoms with van der Waals surface area (Å²) >= 11 is 0. The van der Waals surface area contributed by atoms with E-state index >= 15 is 4.57 Å². The number of hydrogen-bond donors (Lipinski definition) is 0. The topological polar surface area (TPSA) is 100 Å². The van der Waals surface area contributed by atoms with Crippen molar-refractivity contribution in [2.24, 2.45) is 0 Å². The van der Waals surface area contributed by atoms with E-state index in [2.05, 4.69) is 122 Å². The fourth-order valence-electron chi connectivity index (χ4n) is 7.90. The summed E-state index contributed by atoms with van der Waals surface area (Å²) in [5, 5.41) is -0.230. The molecule has 0 spiro atoms. The summed E-state index contributed by atoms with van der Waals surface area (Å²) in [6.45, 7) is 51.8. The van der Waals surface area contributed by atoms with Gasteiger partial charge in [-0.25, -0.2) is 0 Å². The maximum absolute atomic E-state index is 16.7. The van der Waals surface area contributed by atoms with Gasteiger partial charge in [0.2, 0.25) is 0 Å². The third kappa shape index (κ3) is 11.6. The molecule has 0 N–H and O–H groups in total. The highest BCUT2D eigenvalue weighted by molar-refractivity contribution is 7.49. The van der Waals surface area contributed by atoms with Crippen molar-refractivity contribution in [1.29, 1.82) is 0 Å². The largest absolute Gasteiger partial charge is 0.647 e. The predicted octanol–water partition coefficient (Wildman–Crippen LogP) is 16.8. The van der Waals surface area contributed by atoms with E-state index in [1.165, 1.54) is 0 Å². The van der Waals surface area contributed by atoms with Crippen LogP contribution in [0.4, 0.5) is 0 Å². The Labute approximate surface area is 417 Å². The van der Waals surface area contributed by atoms with Gasteiger partial charge in [0, 0.05) is 50.1 Å². The average molecular weight is 1020 g/mol. The van der Waals surface area contributed by atoms with Gasteiger partial charge >= 0.3 is 7.82 Å². The van der Waals surface area contributed by atoms with Crippen LogP contribution in [0.5, 0.6) is 51.7 Å². The van der Waals surface area contributed by atoms with Crippen molar-refractivity contribution in [2.75, 3.05) is 21.3 Å². The quantitative estimate of drug-likeness (QED) is 0.0757. The Morgan fingerprint density at radius 2 is 0.544 bits per heavy atom. The zero-order chi connectivity index (χ0) is 52.5. The highest BCUT2D eigenvalue weighted by Gasteiger charge is 2.46. The van der Waals surface area contributed by atoms with Gasteiger partial charge in [0.05, 0.1) is 21.3 Å². The lowest BCUT2D eigenvalue weighted by atomic mass is 9.97. The van der Waals surface area contributed by atoms with Crippen molar-refractivity contribution >= 4 is 32.8 Å². The predicted molar refractivity (Wildman–Crippen MR) is 292 cm³/mol. The Bertz CT molecular complexity index is 2080. The van der Waals surface area contributed by atoms with E-state index in [0.717, 1.165) is 33.4 Å². The molecule has 0 aliphatic rings. The molecule has 386 valence electrons. The van der Waals surface area contributed by atoms with Crippen LogP contribution in [-0.2, 0) is 43.1 Å². The Kier molecular flexibility index (Phi) is 18.8. The third-order valence-electron chi connectivity index (χ3n) is 15.3. The maximum atomic E-state index is 16.7. The molecule has 0 bridgehead atoms. The average Bonchev–Trinajstić information content (AvgIpc) is 3.22. The van der Waals surface area contributed by atoms with Crippen LogP contribution in [-0.4, -0.2) is 46.3 Å². The first kappa shape index (κ1) is 59.1. The summed E-state index contributed by atoms with van der Waals surface area (Å²) in [5.41, 5.74) is 7.21. The summed E-state index contributed by atoms with van der Waals surface area (Å²) in [6, 6.07) is 0. The number of methoxy groups -OCH3 is 3. The Hall–Kier alpha value is -3.26. The molecule has 14 heteroatoms. The molecule has 0 unspecified atom stereocenters. The first-order valence-electron chi connectivity index (χ1n) is 25.0. The fraction of sp³-hybridized carbons (Fsp3) is 0.667. The van der Waals surface area contributed by atoms with Crippen molar-refractivity contribution in [3.05, 3.63) is 50.1 Å². The van der Waals surface area contributed by atoms with E-state index in [1.54, 1.807) is 21.3 Å². The number of hydrogen-bond acceptors (Lipinski definition) is 10. The normalized spacial score (nSPS) is 13.0. The number of ether oxygens (including phenoxy) is 3. The molecule has 3 rings (SSSR count). The molecule has 0 aromatic heterocycles. The van der Waals surface area contributed by atoms with E-state index in [0.29, 0.717) is 107 Å². The molecule has 0 aliphatic carbocycles. The van der Waals surface area contributed by atoms with Crippen LogP contribution in [0.3, 0.4) is 0 Å². The molecular formula is C54H93O10PSi3. The van der Waals surface area contributed by atoms with Crippen molar-refractivity contribution in [3.8, 4) is 51.7 Å². The van der Waals surface area contributed by atoms with Crippen LogP contribution >= 0.6 is 7.82 Å². The smallest absolute Gasteiger partial charge is 0.541 e. The maximum Gasteiger partial charge on any atom is 0.647 e. The Balaban J connectivity index is 2.66. The second-order valence-electron chi connectivity index (χ2n) is 22.8. The summed E-state index contributed by atoms with van der Waals surface area (Å²) < 4.78 is 78.2. The van der Waals surface area contributed by atoms with Gasteiger partial charge in [-0.1, -0.05) is 104 Å². The van der Waals surface area contributed by atoms with Gasteiger partial charge in [-0.2, -0.15) is 4.57 Å². The lowest BCUT2D eigenvalue weighted by Crippen LogP contribution is -2.44. The molecule has 68 heavy (non-hydrogen) atoms. The van der Waals surface area contributed by atoms with Crippen LogP contribution in [0.2, 0.25) is 54.4 Å². The second-order valence-corrected chi connectivity index (χ2v) is 38.4. The molecular weight excluding hydrogens is 924 g/mol. The molecule has 0 radical (unpaired) electrons. The van der Waals surface area contributed by atoms with E-state index in [9.17, 15) is 0 Å². The van der Waals surface area contributed by atoms with E-state index in [-0.39, 0.29) is 15.1 Å². The molecule has 0 amide bonds. The molecule has 0 heterocycles. The van der Waals surface area contributed by atoms with E-state index < -0.39 is 32.8 Å². The van der Waals surface area contributed by atoms with Crippen molar-refractivity contribution in [3.63, 3.8) is 0 Å². The zero-order valence-electron chi connectivity index (χ0n) is 47.8. The molecule has 0 aliphatic heterocycles. The van der Waals surface area contributed by atoms with Crippen molar-refractivity contribution in [1.82, 2.24) is 0 Å². The van der Waals surface area contributed by atoms with Gasteiger partial charge in [0.25, 0.3) is 25.0 Å². The van der Waals surface area contributed by atoms with Gasteiger partial charge in [0.1, 0.15) is 34.5 Å². The number of benzene rings is 3. The first-order chi connectivity index (χ1) is 31.1. The summed E-state index contributed by atoms with van der Waals surface area (Å²) in [6.07, 6.45) is 3.10. The standard InChI is InChI=1S/C54H93O10PSi3/c1-28-37-34(7)43(62-66(22,23)52(10,11)12)49(56-19)40(31-4)46(37)59-65(55,60-47-38(29-2)35(8)44(50(57-20)41(47)32-5)63-67(24,25)53(13,14)15)61-48-39(30-3)36(9)45(51(58-21)42(48)33-6)64-68(26,27)54(16,17)18/h28-33H2,1-27H3. The minimum absolute atomic E-state index is 0.0768. The first-order valence-corrected chi connectivity index (χ1v) is 35.2. The number of phosphoric acid groups is 1. The van der Waals surface area contributed by atoms with Gasteiger partial charge < -0.3 is 41.1 Å². The minimum Gasteiger partial charge on any atom is -0.541 e. The van der Waals surface area contributed by atoms with Gasteiger partial charge in [-0.15, -0.1) is 0 Å². The zero-order valence-corrected chi connectivity index (χ0v) is 51.7. The monoisotopic (exact) mass is 1020 g/mol. The lowest BCUT2D eigenvalue weighted by Gasteiger charge is -2.38. The van der Waals surface area contributed by atoms with Crippen LogP contribution in [0.1, 0.15) is 154 Å². The fourth-order valence-corrected chi connectivity index (χ4v) is 12.5. The molecule has 3 aromatic rings. The van der Waals surface area contributed by atoms with Gasteiger partial charge in [0.15, 0.2) is 17.2 Å². The van der Waals surface area contributed by atoms with Crippen LogP contribution < -0.4 is 41.1 Å². The highest BCUT2D eigenvalue weighted by Crippen LogP contribution is 2.60. The van der Waals surface area contributed by atoms with Crippen LogP contribution in [0.15, 0.2) is 0 Å². The molecule has 0 saturated carbocycles. The summed E-state index contributed by atoms with van der Waals surface area (Å²) in [7, 11) is -6.90. The van der Waals surface area contributed by atoms with E-state index in [4.69, 9.17) is 41.1 Å². The molecule has 0 atom stereocenters. The Morgan fingerprint density at radius 1 is 0.353 bits per heavy atom. The molecule has 0 saturated heterocycles. The summed E-state index contributed by atoms with van der Waals surface area (Å²) in [4.78, 5) is 0. The SMILES string of the molecule is CCc1c(C)c(O[Si](C)(C)C(C)(C)C)c(OC)c(CC)c1OP(=O)(Oc1c(CC)c(C)c(O[Si](C)(C)C(C)(C)C)c(OC)c1CC)Oc1c(CC)c(C)c(O[Si](C)(C)C(C)(C)C)c(OC)c1CC. The molecule has 10 nitrogen and oxygen atoms in total. The van der Waals surface area contributed by atoms with E-state index in [1.807, 2.05) is 41.5 Å². The Morgan fingerprint density at radius 3 is 0.691 bits per heavy atom. The van der Waals surface area contributed by atoms with Crippen LogP contribution in [0, 0.1) is 20.8 Å². The van der Waals surface area contributed by atoms with Crippen molar-refractivity contribution < 1.29 is 45.6 Å². The number of rotatable bonds is 21. The van der Waals surface area contributed by atoms with Crippen LogP contribution in [0.25, 0.3) is 0 Å².